The summed E-state index contributed by atoms with van der Waals surface area (Å²) in [6.45, 7) is 6.51. The van der Waals surface area contributed by atoms with Crippen LogP contribution in [-0.4, -0.2) is 26.8 Å². The van der Waals surface area contributed by atoms with Crippen LogP contribution in [-0.2, 0) is 13.1 Å². The Hall–Kier alpha value is -2.11. The quantitative estimate of drug-likeness (QED) is 0.769. The fourth-order valence-electron chi connectivity index (χ4n) is 1.94. The molecule has 6 heteroatoms. The molecule has 114 valence electrons. The maximum Gasteiger partial charge on any atom is 0.243 e. The molecule has 0 atom stereocenters. The Morgan fingerprint density at radius 2 is 2.14 bits per heavy atom. The minimum absolute atomic E-state index is 0.676. The molecule has 0 unspecified atom stereocenters. The fourth-order valence-corrected chi connectivity index (χ4v) is 1.94. The predicted molar refractivity (Wildman–Crippen MR) is 82.3 cm³/mol. The van der Waals surface area contributed by atoms with Gasteiger partial charge in [-0.15, -0.1) is 0 Å². The van der Waals surface area contributed by atoms with Gasteiger partial charge in [0.1, 0.15) is 5.75 Å². The van der Waals surface area contributed by atoms with Gasteiger partial charge in [0.15, 0.2) is 0 Å². The number of aryl methyl sites for hydroxylation is 1. The first-order valence-corrected chi connectivity index (χ1v) is 7.55. The molecule has 0 aliphatic heterocycles. The largest absolute Gasteiger partial charge is 0.494 e. The molecule has 0 saturated heterocycles. The van der Waals surface area contributed by atoms with E-state index in [0.29, 0.717) is 12.5 Å². The van der Waals surface area contributed by atoms with Crippen molar-refractivity contribution < 1.29 is 4.74 Å². The molecule has 1 aromatic heterocycles. The van der Waals surface area contributed by atoms with E-state index in [-0.39, 0.29) is 0 Å². The van der Waals surface area contributed by atoms with Gasteiger partial charge in [0.25, 0.3) is 0 Å². The summed E-state index contributed by atoms with van der Waals surface area (Å²) in [5.74, 6) is 1.62. The summed E-state index contributed by atoms with van der Waals surface area (Å²) in [7, 11) is 0. The summed E-state index contributed by atoms with van der Waals surface area (Å²) in [4.78, 5) is 0. The second-order valence-corrected chi connectivity index (χ2v) is 4.93. The average Bonchev–Trinajstić information content (AvgIpc) is 2.96. The lowest BCUT2D eigenvalue weighted by atomic mass is 10.2. The van der Waals surface area contributed by atoms with Crippen molar-refractivity contribution in [1.29, 1.82) is 0 Å². The van der Waals surface area contributed by atoms with Gasteiger partial charge in [-0.2, -0.15) is 0 Å². The molecule has 1 N–H and O–H groups in total. The zero-order valence-corrected chi connectivity index (χ0v) is 12.7. The summed E-state index contributed by atoms with van der Waals surface area (Å²) in [6.07, 6.45) is 3.20. The SMILES string of the molecule is CCCCn1nnnc1NCc1cccc(OCCC)c1. The van der Waals surface area contributed by atoms with Gasteiger partial charge in [0.05, 0.1) is 6.61 Å². The maximum atomic E-state index is 5.64. The monoisotopic (exact) mass is 289 g/mol. The number of ether oxygens (including phenoxy) is 1. The Morgan fingerprint density at radius 3 is 2.95 bits per heavy atom. The molecule has 21 heavy (non-hydrogen) atoms. The van der Waals surface area contributed by atoms with Crippen LogP contribution in [0.5, 0.6) is 5.75 Å². The number of unbranched alkanes of at least 4 members (excludes halogenated alkanes) is 1. The number of hydrogen-bond acceptors (Lipinski definition) is 5. The third-order valence-corrected chi connectivity index (χ3v) is 3.08. The first-order valence-electron chi connectivity index (χ1n) is 7.55. The molecule has 2 rings (SSSR count). The smallest absolute Gasteiger partial charge is 0.243 e. The molecule has 0 radical (unpaired) electrons. The van der Waals surface area contributed by atoms with E-state index >= 15 is 0 Å². The third-order valence-electron chi connectivity index (χ3n) is 3.08. The van der Waals surface area contributed by atoms with E-state index in [9.17, 15) is 0 Å². The van der Waals surface area contributed by atoms with Crippen molar-refractivity contribution in [2.24, 2.45) is 0 Å². The molecule has 0 amide bonds. The van der Waals surface area contributed by atoms with Gasteiger partial charge in [-0.1, -0.05) is 37.5 Å². The molecule has 0 aliphatic carbocycles. The lowest BCUT2D eigenvalue weighted by Crippen LogP contribution is -2.09. The van der Waals surface area contributed by atoms with E-state index in [1.54, 1.807) is 4.68 Å². The van der Waals surface area contributed by atoms with Gasteiger partial charge >= 0.3 is 0 Å². The van der Waals surface area contributed by atoms with Crippen LogP contribution in [0.25, 0.3) is 0 Å². The van der Waals surface area contributed by atoms with Gasteiger partial charge in [-0.05, 0) is 41.0 Å². The second-order valence-electron chi connectivity index (χ2n) is 4.93. The van der Waals surface area contributed by atoms with Crippen LogP contribution < -0.4 is 10.1 Å². The van der Waals surface area contributed by atoms with E-state index in [1.807, 2.05) is 18.2 Å². The lowest BCUT2D eigenvalue weighted by Gasteiger charge is -2.09. The van der Waals surface area contributed by atoms with Crippen molar-refractivity contribution in [1.82, 2.24) is 20.2 Å². The van der Waals surface area contributed by atoms with Crippen molar-refractivity contribution in [2.45, 2.75) is 46.2 Å². The highest BCUT2D eigenvalue weighted by Crippen LogP contribution is 2.14. The normalized spacial score (nSPS) is 10.6. The molecular formula is C15H23N5O. The summed E-state index contributed by atoms with van der Waals surface area (Å²) >= 11 is 0. The third kappa shape index (κ3) is 4.73. The summed E-state index contributed by atoms with van der Waals surface area (Å²) in [5.41, 5.74) is 1.15. The molecule has 0 bridgehead atoms. The minimum Gasteiger partial charge on any atom is -0.494 e. The number of anilines is 1. The van der Waals surface area contributed by atoms with E-state index in [1.165, 1.54) is 0 Å². The van der Waals surface area contributed by atoms with E-state index in [2.05, 4.69) is 40.8 Å². The van der Waals surface area contributed by atoms with Gasteiger partial charge in [-0.25, -0.2) is 4.68 Å². The molecule has 0 spiro atoms. The Morgan fingerprint density at radius 1 is 1.24 bits per heavy atom. The van der Waals surface area contributed by atoms with Crippen molar-refractivity contribution in [2.75, 3.05) is 11.9 Å². The van der Waals surface area contributed by atoms with Gasteiger partial charge < -0.3 is 10.1 Å². The Labute approximate surface area is 125 Å². The lowest BCUT2D eigenvalue weighted by molar-refractivity contribution is 0.317. The molecule has 2 aromatic rings. The Balaban J connectivity index is 1.92. The zero-order chi connectivity index (χ0) is 14.9. The first kappa shape index (κ1) is 15.3. The molecule has 1 heterocycles. The van der Waals surface area contributed by atoms with Gasteiger partial charge in [-0.3, -0.25) is 0 Å². The van der Waals surface area contributed by atoms with E-state index in [4.69, 9.17) is 4.74 Å². The molecule has 0 aliphatic rings. The number of nitrogens with one attached hydrogen (secondary N) is 1. The number of rotatable bonds is 9. The maximum absolute atomic E-state index is 5.64. The van der Waals surface area contributed by atoms with Gasteiger partial charge in [0, 0.05) is 13.1 Å². The summed E-state index contributed by atoms with van der Waals surface area (Å²) in [6, 6.07) is 8.08. The molecule has 0 fully saturated rings. The minimum atomic E-state index is 0.676. The Bertz CT molecular complexity index is 540. The average molecular weight is 289 g/mol. The Kier molecular flexibility index (Phi) is 5.99. The number of hydrogen-bond donors (Lipinski definition) is 1. The van der Waals surface area contributed by atoms with Crippen LogP contribution in [0.2, 0.25) is 0 Å². The van der Waals surface area contributed by atoms with Gasteiger partial charge in [0.2, 0.25) is 5.95 Å². The van der Waals surface area contributed by atoms with Crippen LogP contribution in [0, 0.1) is 0 Å². The van der Waals surface area contributed by atoms with Crippen LogP contribution in [0.1, 0.15) is 38.7 Å². The highest BCUT2D eigenvalue weighted by Gasteiger charge is 2.05. The van der Waals surface area contributed by atoms with E-state index < -0.39 is 0 Å². The van der Waals surface area contributed by atoms with Crippen molar-refractivity contribution in [3.8, 4) is 5.75 Å². The van der Waals surface area contributed by atoms with Crippen LogP contribution in [0.3, 0.4) is 0 Å². The number of benzene rings is 1. The van der Waals surface area contributed by atoms with Crippen molar-refractivity contribution in [3.63, 3.8) is 0 Å². The highest BCUT2D eigenvalue weighted by atomic mass is 16.5. The molecule has 0 saturated carbocycles. The van der Waals surface area contributed by atoms with Crippen molar-refractivity contribution >= 4 is 5.95 Å². The standard InChI is InChI=1S/C15H23N5O/c1-3-5-9-20-15(17-18-19-20)16-12-13-7-6-8-14(11-13)21-10-4-2/h6-8,11H,3-5,9-10,12H2,1-2H3,(H,16,17,19). The molecule has 6 nitrogen and oxygen atoms in total. The predicted octanol–water partition coefficient (Wildman–Crippen LogP) is 2.87. The van der Waals surface area contributed by atoms with Crippen LogP contribution in [0.15, 0.2) is 24.3 Å². The van der Waals surface area contributed by atoms with Crippen molar-refractivity contribution in [3.05, 3.63) is 29.8 Å². The summed E-state index contributed by atoms with van der Waals surface area (Å²) < 4.78 is 7.44. The fraction of sp³-hybridized carbons (Fsp3) is 0.533. The number of nitrogens with zero attached hydrogens (tertiary/aromatic N) is 4. The highest BCUT2D eigenvalue weighted by molar-refractivity contribution is 5.32. The van der Waals surface area contributed by atoms with Crippen LogP contribution >= 0.6 is 0 Å². The van der Waals surface area contributed by atoms with Crippen LogP contribution in [0.4, 0.5) is 5.95 Å². The number of aromatic nitrogens is 4. The summed E-state index contributed by atoms with van der Waals surface area (Å²) in [5, 5.41) is 15.0. The molecular weight excluding hydrogens is 266 g/mol. The zero-order valence-electron chi connectivity index (χ0n) is 12.7. The van der Waals surface area contributed by atoms with E-state index in [0.717, 1.165) is 43.7 Å². The molecule has 1 aromatic carbocycles. The first-order chi connectivity index (χ1) is 10.3. The topological polar surface area (TPSA) is 64.9 Å². The second kappa shape index (κ2) is 8.24. The number of tetrazole rings is 1.